The minimum absolute atomic E-state index is 0.184. The number of amides is 1. The van der Waals surface area contributed by atoms with E-state index in [0.29, 0.717) is 25.4 Å². The van der Waals surface area contributed by atoms with E-state index >= 15 is 0 Å². The Morgan fingerprint density at radius 2 is 2.26 bits per heavy atom. The summed E-state index contributed by atoms with van der Waals surface area (Å²) in [6.07, 6.45) is 3.86. The third-order valence-corrected chi connectivity index (χ3v) is 4.24. The highest BCUT2D eigenvalue weighted by molar-refractivity contribution is 5.76. The molecule has 0 N–H and O–H groups in total. The molecule has 1 aliphatic rings. The third kappa shape index (κ3) is 5.87. The van der Waals surface area contributed by atoms with Crippen molar-refractivity contribution in [1.82, 2.24) is 4.90 Å². The fourth-order valence-corrected chi connectivity index (χ4v) is 2.85. The van der Waals surface area contributed by atoms with E-state index in [9.17, 15) is 4.79 Å². The Balaban J connectivity index is 2.03. The van der Waals surface area contributed by atoms with E-state index < -0.39 is 0 Å². The topological polar surface area (TPSA) is 38.8 Å². The van der Waals surface area contributed by atoms with E-state index in [1.54, 1.807) is 7.11 Å². The van der Waals surface area contributed by atoms with Crippen LogP contribution in [0.2, 0.25) is 0 Å². The van der Waals surface area contributed by atoms with Crippen LogP contribution in [0.5, 0.6) is 5.75 Å². The molecule has 4 heteroatoms. The van der Waals surface area contributed by atoms with Gasteiger partial charge < -0.3 is 14.4 Å². The first kappa shape index (κ1) is 17.8. The highest BCUT2D eigenvalue weighted by Gasteiger charge is 2.22. The standard InChI is InChI=1S/C19H29NO3/c1-15(2)9-10-19(21)20(14-18-8-5-11-23-18)13-16-6-4-7-17(12-16)22-3/h4,6-7,12,15,18H,5,8-11,13-14H2,1-3H3. The van der Waals surface area contributed by atoms with Gasteiger partial charge in [0.2, 0.25) is 5.91 Å². The summed E-state index contributed by atoms with van der Waals surface area (Å²) in [5.74, 6) is 1.59. The van der Waals surface area contributed by atoms with Crippen LogP contribution in [-0.4, -0.2) is 37.2 Å². The van der Waals surface area contributed by atoms with Crippen LogP contribution in [0.1, 0.15) is 45.1 Å². The number of rotatable bonds is 8. The van der Waals surface area contributed by atoms with Crippen molar-refractivity contribution in [2.45, 2.75) is 52.2 Å². The third-order valence-electron chi connectivity index (χ3n) is 4.24. The van der Waals surface area contributed by atoms with Gasteiger partial charge in [-0.3, -0.25) is 4.79 Å². The van der Waals surface area contributed by atoms with Gasteiger partial charge in [-0.1, -0.05) is 26.0 Å². The normalized spacial score (nSPS) is 17.5. The maximum absolute atomic E-state index is 12.6. The molecule has 1 unspecified atom stereocenters. The second-order valence-corrected chi connectivity index (χ2v) is 6.69. The average Bonchev–Trinajstić information content (AvgIpc) is 3.05. The Labute approximate surface area is 139 Å². The Hall–Kier alpha value is -1.55. The number of carbonyl (C=O) groups excluding carboxylic acids is 1. The van der Waals surface area contributed by atoms with Gasteiger partial charge in [-0.05, 0) is 42.9 Å². The summed E-state index contributed by atoms with van der Waals surface area (Å²) in [7, 11) is 1.66. The highest BCUT2D eigenvalue weighted by atomic mass is 16.5. The molecule has 0 aliphatic carbocycles. The molecule has 128 valence electrons. The molecule has 1 fully saturated rings. The van der Waals surface area contributed by atoms with Crippen LogP contribution in [0.4, 0.5) is 0 Å². The van der Waals surface area contributed by atoms with Crippen molar-refractivity contribution in [2.24, 2.45) is 5.92 Å². The lowest BCUT2D eigenvalue weighted by Crippen LogP contribution is -2.37. The molecule has 1 amide bonds. The molecular formula is C19H29NO3. The van der Waals surface area contributed by atoms with Crippen molar-refractivity contribution in [3.63, 3.8) is 0 Å². The van der Waals surface area contributed by atoms with E-state index in [-0.39, 0.29) is 12.0 Å². The van der Waals surface area contributed by atoms with E-state index in [2.05, 4.69) is 13.8 Å². The Morgan fingerprint density at radius 1 is 1.43 bits per heavy atom. The zero-order valence-electron chi connectivity index (χ0n) is 14.6. The molecule has 0 radical (unpaired) electrons. The maximum Gasteiger partial charge on any atom is 0.222 e. The summed E-state index contributed by atoms with van der Waals surface area (Å²) in [5.41, 5.74) is 1.10. The lowest BCUT2D eigenvalue weighted by Gasteiger charge is -2.26. The molecule has 0 aromatic heterocycles. The number of hydrogen-bond acceptors (Lipinski definition) is 3. The Morgan fingerprint density at radius 3 is 2.91 bits per heavy atom. The van der Waals surface area contributed by atoms with Crippen LogP contribution in [0.3, 0.4) is 0 Å². The van der Waals surface area contributed by atoms with Gasteiger partial charge in [0.25, 0.3) is 0 Å². The quantitative estimate of drug-likeness (QED) is 0.734. The molecule has 2 rings (SSSR count). The van der Waals surface area contributed by atoms with Gasteiger partial charge in [0.1, 0.15) is 5.75 Å². The molecular weight excluding hydrogens is 290 g/mol. The zero-order valence-corrected chi connectivity index (χ0v) is 14.6. The van der Waals surface area contributed by atoms with Crippen LogP contribution in [0, 0.1) is 5.92 Å². The minimum atomic E-state index is 0.184. The second kappa shape index (κ2) is 8.92. The average molecular weight is 319 g/mol. The summed E-state index contributed by atoms with van der Waals surface area (Å²) in [5, 5.41) is 0. The smallest absolute Gasteiger partial charge is 0.222 e. The molecule has 1 saturated heterocycles. The fourth-order valence-electron chi connectivity index (χ4n) is 2.85. The van der Waals surface area contributed by atoms with Crippen molar-refractivity contribution in [1.29, 1.82) is 0 Å². The van der Waals surface area contributed by atoms with Gasteiger partial charge in [0, 0.05) is 26.1 Å². The lowest BCUT2D eigenvalue weighted by molar-refractivity contribution is -0.133. The van der Waals surface area contributed by atoms with Crippen LogP contribution in [0.15, 0.2) is 24.3 Å². The van der Waals surface area contributed by atoms with E-state index in [1.807, 2.05) is 29.2 Å². The predicted molar refractivity (Wildman–Crippen MR) is 91.5 cm³/mol. The largest absolute Gasteiger partial charge is 0.497 e. The van der Waals surface area contributed by atoms with Gasteiger partial charge in [0.05, 0.1) is 13.2 Å². The monoisotopic (exact) mass is 319 g/mol. The lowest BCUT2D eigenvalue weighted by atomic mass is 10.1. The van der Waals surface area contributed by atoms with Gasteiger partial charge >= 0.3 is 0 Å². The fraction of sp³-hybridized carbons (Fsp3) is 0.632. The molecule has 4 nitrogen and oxygen atoms in total. The second-order valence-electron chi connectivity index (χ2n) is 6.69. The molecule has 0 spiro atoms. The molecule has 1 aromatic rings. The summed E-state index contributed by atoms with van der Waals surface area (Å²) in [6, 6.07) is 7.94. The summed E-state index contributed by atoms with van der Waals surface area (Å²) >= 11 is 0. The van der Waals surface area contributed by atoms with Crippen molar-refractivity contribution in [3.05, 3.63) is 29.8 Å². The molecule has 1 aromatic carbocycles. The number of ether oxygens (including phenoxy) is 2. The molecule has 0 bridgehead atoms. The SMILES string of the molecule is COc1cccc(CN(CC2CCCO2)C(=O)CCC(C)C)c1. The predicted octanol–water partition coefficient (Wildman–Crippen LogP) is 3.64. The number of carbonyl (C=O) groups is 1. The van der Waals surface area contributed by atoms with Crippen LogP contribution < -0.4 is 4.74 Å². The van der Waals surface area contributed by atoms with E-state index in [4.69, 9.17) is 9.47 Å². The first-order chi connectivity index (χ1) is 11.1. The summed E-state index contributed by atoms with van der Waals surface area (Å²) in [6.45, 7) is 6.43. The van der Waals surface area contributed by atoms with Gasteiger partial charge in [-0.25, -0.2) is 0 Å². The summed E-state index contributed by atoms with van der Waals surface area (Å²) in [4.78, 5) is 14.6. The maximum atomic E-state index is 12.6. The summed E-state index contributed by atoms with van der Waals surface area (Å²) < 4.78 is 11.0. The Bertz CT molecular complexity index is 495. The first-order valence-corrected chi connectivity index (χ1v) is 8.60. The van der Waals surface area contributed by atoms with Gasteiger partial charge in [0.15, 0.2) is 0 Å². The zero-order chi connectivity index (χ0) is 16.7. The molecule has 0 saturated carbocycles. The van der Waals surface area contributed by atoms with Crippen molar-refractivity contribution in [2.75, 3.05) is 20.3 Å². The number of benzene rings is 1. The van der Waals surface area contributed by atoms with Crippen molar-refractivity contribution < 1.29 is 14.3 Å². The number of methoxy groups -OCH3 is 1. The van der Waals surface area contributed by atoms with Crippen LogP contribution in [0.25, 0.3) is 0 Å². The van der Waals surface area contributed by atoms with Gasteiger partial charge in [-0.2, -0.15) is 0 Å². The first-order valence-electron chi connectivity index (χ1n) is 8.60. The number of nitrogens with zero attached hydrogens (tertiary/aromatic N) is 1. The van der Waals surface area contributed by atoms with Crippen LogP contribution in [-0.2, 0) is 16.1 Å². The molecule has 1 aliphatic heterocycles. The van der Waals surface area contributed by atoms with Crippen molar-refractivity contribution in [3.8, 4) is 5.75 Å². The highest BCUT2D eigenvalue weighted by Crippen LogP contribution is 2.19. The Kier molecular flexibility index (Phi) is 6.90. The molecule has 23 heavy (non-hydrogen) atoms. The van der Waals surface area contributed by atoms with E-state index in [0.717, 1.165) is 37.2 Å². The molecule has 1 atom stereocenters. The minimum Gasteiger partial charge on any atom is -0.497 e. The van der Waals surface area contributed by atoms with Crippen LogP contribution >= 0.6 is 0 Å². The van der Waals surface area contributed by atoms with Crippen molar-refractivity contribution >= 4 is 5.91 Å². The number of hydrogen-bond donors (Lipinski definition) is 0. The van der Waals surface area contributed by atoms with Gasteiger partial charge in [-0.15, -0.1) is 0 Å². The van der Waals surface area contributed by atoms with E-state index in [1.165, 1.54) is 0 Å². The molecule has 1 heterocycles.